The number of benzene rings is 2. The number of ketones is 1. The Hall–Kier alpha value is -4.24. The number of Topliss-reactive ketones (excluding diaryl/α,β-unsaturated/α-hetero) is 1. The maximum absolute atomic E-state index is 13.5. The predicted molar refractivity (Wildman–Crippen MR) is 147 cm³/mol. The van der Waals surface area contributed by atoms with Gasteiger partial charge in [0.1, 0.15) is 5.76 Å². The number of anilines is 1. The Morgan fingerprint density at radius 3 is 2.61 bits per heavy atom. The number of rotatable bonds is 8. The van der Waals surface area contributed by atoms with Gasteiger partial charge in [0.25, 0.3) is 5.78 Å². The Morgan fingerprint density at radius 2 is 1.87 bits per heavy atom. The van der Waals surface area contributed by atoms with E-state index in [4.69, 9.17) is 9.47 Å². The molecular weight excluding hydrogens is 502 g/mol. The lowest BCUT2D eigenvalue weighted by Crippen LogP contribution is -2.29. The van der Waals surface area contributed by atoms with E-state index in [1.807, 2.05) is 25.1 Å². The summed E-state index contributed by atoms with van der Waals surface area (Å²) in [5.74, 6) is -0.803. The van der Waals surface area contributed by atoms with E-state index in [-0.39, 0.29) is 11.3 Å². The van der Waals surface area contributed by atoms with Gasteiger partial charge in [-0.2, -0.15) is 0 Å². The molecule has 0 aliphatic carbocycles. The van der Waals surface area contributed by atoms with Gasteiger partial charge in [-0.05, 0) is 60.9 Å². The molecule has 1 aliphatic heterocycles. The maximum Gasteiger partial charge on any atom is 0.301 e. The smallest absolute Gasteiger partial charge is 0.301 e. The van der Waals surface area contributed by atoms with Crippen molar-refractivity contribution in [2.45, 2.75) is 32.7 Å². The molecule has 2 aromatic carbocycles. The molecule has 8 nitrogen and oxygen atoms in total. The normalized spacial score (nSPS) is 16.8. The second kappa shape index (κ2) is 10.6. The molecule has 1 saturated heterocycles. The number of unbranched alkanes of at least 4 members (excludes halogenated alkanes) is 1. The fraction of sp³-hybridized carbons (Fsp3) is 0.241. The summed E-state index contributed by atoms with van der Waals surface area (Å²) in [7, 11) is 1.54. The number of pyridine rings is 1. The van der Waals surface area contributed by atoms with Gasteiger partial charge in [-0.25, -0.2) is 4.98 Å². The summed E-state index contributed by atoms with van der Waals surface area (Å²) in [4.78, 5) is 37.0. The summed E-state index contributed by atoms with van der Waals surface area (Å²) < 4.78 is 12.4. The molecule has 4 aromatic rings. The van der Waals surface area contributed by atoms with Gasteiger partial charge in [-0.1, -0.05) is 36.8 Å². The number of amides is 1. The lowest BCUT2D eigenvalue weighted by Gasteiger charge is -2.24. The monoisotopic (exact) mass is 529 g/mol. The van der Waals surface area contributed by atoms with Gasteiger partial charge in [0.2, 0.25) is 0 Å². The molecule has 0 spiro atoms. The van der Waals surface area contributed by atoms with Gasteiger partial charge in [-0.3, -0.25) is 19.5 Å². The van der Waals surface area contributed by atoms with Crippen LogP contribution in [0.3, 0.4) is 0 Å². The van der Waals surface area contributed by atoms with Crippen molar-refractivity contribution in [2.75, 3.05) is 18.6 Å². The van der Waals surface area contributed by atoms with Crippen molar-refractivity contribution in [3.05, 3.63) is 83.2 Å². The van der Waals surface area contributed by atoms with E-state index in [1.54, 1.807) is 30.3 Å². The number of hydrogen-bond acceptors (Lipinski definition) is 8. The van der Waals surface area contributed by atoms with Crippen molar-refractivity contribution >= 4 is 44.1 Å². The van der Waals surface area contributed by atoms with E-state index >= 15 is 0 Å². The average Bonchev–Trinajstić information content (AvgIpc) is 3.46. The Kier molecular flexibility index (Phi) is 7.11. The van der Waals surface area contributed by atoms with E-state index in [2.05, 4.69) is 16.9 Å². The molecule has 1 amide bonds. The minimum absolute atomic E-state index is 0.0293. The van der Waals surface area contributed by atoms with Crippen LogP contribution in [0.25, 0.3) is 16.0 Å². The molecule has 1 unspecified atom stereocenters. The molecule has 2 aromatic heterocycles. The van der Waals surface area contributed by atoms with Crippen LogP contribution in [0.15, 0.2) is 66.5 Å². The average molecular weight is 530 g/mol. The molecule has 9 heteroatoms. The number of aromatic nitrogens is 2. The molecule has 1 N–H and O–H groups in total. The molecule has 1 fully saturated rings. The van der Waals surface area contributed by atoms with E-state index in [0.717, 1.165) is 28.6 Å². The van der Waals surface area contributed by atoms with Crippen molar-refractivity contribution in [1.82, 2.24) is 9.97 Å². The lowest BCUT2D eigenvalue weighted by molar-refractivity contribution is -0.132. The van der Waals surface area contributed by atoms with Crippen LogP contribution in [0.4, 0.5) is 5.13 Å². The predicted octanol–water partition coefficient (Wildman–Crippen LogP) is 5.81. The van der Waals surface area contributed by atoms with Crippen LogP contribution in [0.5, 0.6) is 11.5 Å². The minimum atomic E-state index is -0.927. The van der Waals surface area contributed by atoms with Crippen molar-refractivity contribution in [3.8, 4) is 11.5 Å². The number of methoxy groups -OCH3 is 1. The molecule has 1 atom stereocenters. The molecule has 3 heterocycles. The molecule has 0 radical (unpaired) electrons. The SMILES string of the molecule is CCCCOc1ccc(C2C(=C(O)c3ccncc3)C(=O)C(=O)N2c2nc3ccc(C)cc3s2)cc1OC. The third kappa shape index (κ3) is 4.61. The number of fused-ring (bicyclic) bond motifs is 1. The second-order valence-corrected chi connectivity index (χ2v) is 9.99. The van der Waals surface area contributed by atoms with E-state index in [0.29, 0.717) is 34.4 Å². The zero-order valence-electron chi connectivity index (χ0n) is 21.3. The second-order valence-electron chi connectivity index (χ2n) is 8.98. The first kappa shape index (κ1) is 25.4. The Balaban J connectivity index is 1.68. The van der Waals surface area contributed by atoms with Crippen molar-refractivity contribution in [2.24, 2.45) is 0 Å². The molecule has 0 saturated carbocycles. The quantitative estimate of drug-likeness (QED) is 0.133. The van der Waals surface area contributed by atoms with Crippen LogP contribution in [-0.2, 0) is 9.59 Å². The van der Waals surface area contributed by atoms with Crippen molar-refractivity contribution in [3.63, 3.8) is 0 Å². The van der Waals surface area contributed by atoms with Gasteiger partial charge < -0.3 is 14.6 Å². The summed E-state index contributed by atoms with van der Waals surface area (Å²) >= 11 is 1.32. The van der Waals surface area contributed by atoms with Gasteiger partial charge in [0.05, 0.1) is 35.5 Å². The van der Waals surface area contributed by atoms with Crippen LogP contribution >= 0.6 is 11.3 Å². The first-order valence-corrected chi connectivity index (χ1v) is 13.1. The third-order valence-corrected chi connectivity index (χ3v) is 7.41. The minimum Gasteiger partial charge on any atom is -0.507 e. The number of aliphatic hydroxyl groups excluding tert-OH is 1. The van der Waals surface area contributed by atoms with Gasteiger partial charge in [0.15, 0.2) is 16.6 Å². The summed E-state index contributed by atoms with van der Waals surface area (Å²) in [5.41, 5.74) is 2.72. The largest absolute Gasteiger partial charge is 0.507 e. The Morgan fingerprint density at radius 1 is 1.08 bits per heavy atom. The number of nitrogens with zero attached hydrogens (tertiary/aromatic N) is 3. The number of aryl methyl sites for hydroxylation is 1. The van der Waals surface area contributed by atoms with Crippen LogP contribution in [0.2, 0.25) is 0 Å². The molecule has 0 bridgehead atoms. The highest BCUT2D eigenvalue weighted by atomic mass is 32.1. The highest BCUT2D eigenvalue weighted by molar-refractivity contribution is 7.22. The zero-order valence-corrected chi connectivity index (χ0v) is 22.1. The Labute approximate surface area is 224 Å². The van der Waals surface area contributed by atoms with Crippen LogP contribution in [0.1, 0.15) is 42.5 Å². The van der Waals surface area contributed by atoms with Crippen LogP contribution < -0.4 is 14.4 Å². The summed E-state index contributed by atoms with van der Waals surface area (Å²) in [6, 6.07) is 13.4. The number of aliphatic hydroxyl groups is 1. The highest BCUT2D eigenvalue weighted by Crippen LogP contribution is 2.45. The first-order chi connectivity index (χ1) is 18.4. The molecule has 1 aliphatic rings. The highest BCUT2D eigenvalue weighted by Gasteiger charge is 2.48. The molecule has 5 rings (SSSR count). The number of thiazole rings is 1. The topological polar surface area (TPSA) is 102 Å². The van der Waals surface area contributed by atoms with E-state index in [9.17, 15) is 14.7 Å². The summed E-state index contributed by atoms with van der Waals surface area (Å²) in [6.45, 7) is 4.60. The molecular formula is C29H27N3O5S. The summed E-state index contributed by atoms with van der Waals surface area (Å²) in [6.07, 6.45) is 4.92. The van der Waals surface area contributed by atoms with E-state index < -0.39 is 17.7 Å². The maximum atomic E-state index is 13.5. The van der Waals surface area contributed by atoms with Crippen molar-refractivity contribution in [1.29, 1.82) is 0 Å². The van der Waals surface area contributed by atoms with E-state index in [1.165, 1.54) is 35.7 Å². The van der Waals surface area contributed by atoms with Crippen molar-refractivity contribution < 1.29 is 24.2 Å². The first-order valence-electron chi connectivity index (χ1n) is 12.3. The van der Waals surface area contributed by atoms with Crippen LogP contribution in [0, 0.1) is 6.92 Å². The lowest BCUT2D eigenvalue weighted by atomic mass is 9.95. The summed E-state index contributed by atoms with van der Waals surface area (Å²) in [5, 5.41) is 11.7. The standard InChI is InChI=1S/C29H27N3O5S/c1-4-5-14-37-21-9-7-19(16-22(21)36-3)25-24(26(33)18-10-12-30-13-11-18)27(34)28(35)32(25)29-31-20-8-6-17(2)15-23(20)38-29/h6-13,15-16,25,33H,4-5,14H2,1-3H3. The number of carbonyl (C=O) groups is 2. The fourth-order valence-corrected chi connectivity index (χ4v) is 5.52. The third-order valence-electron chi connectivity index (χ3n) is 6.40. The fourth-order valence-electron chi connectivity index (χ4n) is 4.43. The molecule has 38 heavy (non-hydrogen) atoms. The number of ether oxygens (including phenoxy) is 2. The zero-order chi connectivity index (χ0) is 26.8. The van der Waals surface area contributed by atoms with Gasteiger partial charge >= 0.3 is 5.91 Å². The van der Waals surface area contributed by atoms with Gasteiger partial charge in [0, 0.05) is 18.0 Å². The van der Waals surface area contributed by atoms with Gasteiger partial charge in [-0.15, -0.1) is 0 Å². The molecule has 194 valence electrons. The number of hydrogen-bond donors (Lipinski definition) is 1. The van der Waals surface area contributed by atoms with Crippen LogP contribution in [-0.4, -0.2) is 40.5 Å². The number of carbonyl (C=O) groups excluding carboxylic acids is 2. The Bertz CT molecular complexity index is 1550.